The van der Waals surface area contributed by atoms with Crippen LogP contribution >= 0.6 is 11.5 Å². The predicted octanol–water partition coefficient (Wildman–Crippen LogP) is -0.396. The van der Waals surface area contributed by atoms with Crippen molar-refractivity contribution in [3.05, 3.63) is 54.6 Å². The van der Waals surface area contributed by atoms with Crippen molar-refractivity contribution in [3.8, 4) is 27.8 Å². The standard InChI is InChI=1S/C15H12NO2S.ClHO4/c1-17-13-9-7-12(8-10-13)15-18-14(16-19-15)11-5-3-2-4-6-11;2-1(3,4)5/h2-10H,1H3;(H,2,3,4,5)/q+1;/p-1. The zero-order chi connectivity index (χ0) is 17.6. The summed E-state index contributed by atoms with van der Waals surface area (Å²) in [5.41, 5.74) is 1.99. The second-order valence-electron chi connectivity index (χ2n) is 4.35. The third kappa shape index (κ3) is 5.85. The molecule has 0 unspecified atom stereocenters. The van der Waals surface area contributed by atoms with E-state index in [0.717, 1.165) is 22.0 Å². The number of methoxy groups -OCH3 is 1. The smallest absolute Gasteiger partial charge is 0.472 e. The van der Waals surface area contributed by atoms with E-state index in [1.807, 2.05) is 54.6 Å². The summed E-state index contributed by atoms with van der Waals surface area (Å²) in [4.78, 5) is 0. The molecule has 0 aliphatic heterocycles. The Kier molecular flexibility index (Phi) is 6.21. The van der Waals surface area contributed by atoms with Crippen molar-refractivity contribution in [2.75, 3.05) is 7.11 Å². The maximum atomic E-state index is 8.49. The average Bonchev–Trinajstić information content (AvgIpc) is 3.04. The molecule has 0 saturated carbocycles. The van der Waals surface area contributed by atoms with Crippen molar-refractivity contribution in [1.82, 2.24) is 4.37 Å². The summed E-state index contributed by atoms with van der Waals surface area (Å²) in [5.74, 6) is 1.48. The van der Waals surface area contributed by atoms with Crippen LogP contribution in [0, 0.1) is 10.2 Å². The lowest BCUT2D eigenvalue weighted by Gasteiger charge is -2.17. The number of hydrogen-bond acceptors (Lipinski definition) is 7. The first-order valence-electron chi connectivity index (χ1n) is 6.48. The van der Waals surface area contributed by atoms with Crippen molar-refractivity contribution in [2.24, 2.45) is 0 Å². The zero-order valence-electron chi connectivity index (χ0n) is 12.4. The van der Waals surface area contributed by atoms with Gasteiger partial charge in [0.1, 0.15) is 11.3 Å². The van der Waals surface area contributed by atoms with E-state index in [4.69, 9.17) is 27.8 Å². The second kappa shape index (κ2) is 8.15. The van der Waals surface area contributed by atoms with Gasteiger partial charge in [-0.05, 0) is 36.4 Å². The van der Waals surface area contributed by atoms with Crippen LogP contribution in [0.4, 0.5) is 0 Å². The van der Waals surface area contributed by atoms with Crippen LogP contribution < -0.4 is 23.4 Å². The van der Waals surface area contributed by atoms with Crippen LogP contribution in [0.5, 0.6) is 5.75 Å². The van der Waals surface area contributed by atoms with Crippen LogP contribution in [0.25, 0.3) is 22.1 Å². The quantitative estimate of drug-likeness (QED) is 0.575. The highest BCUT2D eigenvalue weighted by molar-refractivity contribution is 7.09. The summed E-state index contributed by atoms with van der Waals surface area (Å²) in [6, 6.07) is 17.6. The molecule has 3 rings (SSSR count). The molecule has 9 heteroatoms. The fourth-order valence-corrected chi connectivity index (χ4v) is 2.41. The Balaban J connectivity index is 0.000000368. The molecule has 0 aliphatic carbocycles. The van der Waals surface area contributed by atoms with E-state index >= 15 is 0 Å². The Morgan fingerprint density at radius 2 is 1.50 bits per heavy atom. The second-order valence-corrected chi connectivity index (χ2v) is 5.84. The molecular weight excluding hydrogens is 358 g/mol. The van der Waals surface area contributed by atoms with Crippen molar-refractivity contribution in [2.45, 2.75) is 0 Å². The Labute approximate surface area is 143 Å². The van der Waals surface area contributed by atoms with Gasteiger partial charge in [-0.1, -0.05) is 22.6 Å². The summed E-state index contributed by atoms with van der Waals surface area (Å²) in [7, 11) is -3.29. The highest BCUT2D eigenvalue weighted by Gasteiger charge is 2.22. The molecule has 3 aromatic rings. The van der Waals surface area contributed by atoms with E-state index in [1.165, 1.54) is 11.5 Å². The lowest BCUT2D eigenvalue weighted by atomic mass is 10.2. The minimum atomic E-state index is -4.94. The third-order valence-electron chi connectivity index (χ3n) is 2.75. The lowest BCUT2D eigenvalue weighted by molar-refractivity contribution is -2.00. The molecular formula is C15H12ClNO6S. The molecule has 0 amide bonds. The molecule has 0 saturated heterocycles. The molecule has 0 bridgehead atoms. The minimum Gasteiger partial charge on any atom is -0.497 e. The van der Waals surface area contributed by atoms with Gasteiger partial charge < -0.3 is 4.74 Å². The van der Waals surface area contributed by atoms with Crippen LogP contribution in [0.3, 0.4) is 0 Å². The lowest BCUT2D eigenvalue weighted by Crippen LogP contribution is -2.68. The topological polar surface area (TPSA) is 126 Å². The Morgan fingerprint density at radius 1 is 0.917 bits per heavy atom. The van der Waals surface area contributed by atoms with Gasteiger partial charge in [0.2, 0.25) is 0 Å². The highest BCUT2D eigenvalue weighted by atomic mass is 35.7. The predicted molar refractivity (Wildman–Crippen MR) is 76.2 cm³/mol. The van der Waals surface area contributed by atoms with Gasteiger partial charge in [0.05, 0.1) is 24.2 Å². The monoisotopic (exact) mass is 369 g/mol. The SMILES string of the molecule is COc1ccc(-c2[o+]c(-c3ccccc3)ns2)cc1.[O-][Cl+3]([O-])([O-])[O-]. The van der Waals surface area contributed by atoms with Gasteiger partial charge in [-0.3, -0.25) is 0 Å². The molecule has 7 nitrogen and oxygen atoms in total. The Morgan fingerprint density at radius 3 is 2.04 bits per heavy atom. The molecule has 1 heterocycles. The van der Waals surface area contributed by atoms with E-state index < -0.39 is 10.2 Å². The molecule has 0 radical (unpaired) electrons. The number of rotatable bonds is 3. The van der Waals surface area contributed by atoms with E-state index in [1.54, 1.807) is 7.11 Å². The number of hydrogen-bond donors (Lipinski definition) is 0. The van der Waals surface area contributed by atoms with Crippen LogP contribution in [0.15, 0.2) is 59.0 Å². The minimum absolute atomic E-state index is 0.649. The number of ether oxygens (including phenoxy) is 1. The number of halogens is 1. The number of aromatic nitrogens is 1. The van der Waals surface area contributed by atoms with Gasteiger partial charge in [-0.2, -0.15) is 4.42 Å². The maximum absolute atomic E-state index is 8.49. The van der Waals surface area contributed by atoms with Crippen molar-refractivity contribution in [3.63, 3.8) is 0 Å². The van der Waals surface area contributed by atoms with E-state index in [-0.39, 0.29) is 0 Å². The van der Waals surface area contributed by atoms with E-state index in [2.05, 4.69) is 4.37 Å². The molecule has 0 N–H and O–H groups in total. The average molecular weight is 370 g/mol. The van der Waals surface area contributed by atoms with Crippen LogP contribution in [0.2, 0.25) is 0 Å². The Hall–Kier alpha value is -2.07. The van der Waals surface area contributed by atoms with Gasteiger partial charge in [-0.25, -0.2) is 18.6 Å². The molecule has 0 atom stereocenters. The first kappa shape index (κ1) is 18.3. The summed E-state index contributed by atoms with van der Waals surface area (Å²) in [6.07, 6.45) is 0. The summed E-state index contributed by atoms with van der Waals surface area (Å²) in [5, 5.41) is 0.793. The van der Waals surface area contributed by atoms with E-state index in [0.29, 0.717) is 5.89 Å². The highest BCUT2D eigenvalue weighted by Crippen LogP contribution is 2.30. The molecule has 126 valence electrons. The third-order valence-corrected chi connectivity index (χ3v) is 3.49. The molecule has 24 heavy (non-hydrogen) atoms. The van der Waals surface area contributed by atoms with Gasteiger partial charge in [0, 0.05) is 0 Å². The number of nitrogens with zero attached hydrogens (tertiary/aromatic N) is 1. The normalized spacial score (nSPS) is 10.7. The summed E-state index contributed by atoms with van der Waals surface area (Å²) >= 11 is 1.35. The van der Waals surface area contributed by atoms with Gasteiger partial charge >= 0.3 is 11.0 Å². The van der Waals surface area contributed by atoms with Crippen molar-refractivity contribution in [1.29, 1.82) is 0 Å². The van der Waals surface area contributed by atoms with Gasteiger partial charge in [0.25, 0.3) is 0 Å². The van der Waals surface area contributed by atoms with Gasteiger partial charge in [-0.15, -0.1) is 10.2 Å². The van der Waals surface area contributed by atoms with Gasteiger partial charge in [0.15, 0.2) is 0 Å². The molecule has 0 fully saturated rings. The zero-order valence-corrected chi connectivity index (χ0v) is 14.0. The Bertz CT molecular complexity index is 752. The molecule has 2 aromatic carbocycles. The van der Waals surface area contributed by atoms with Crippen LogP contribution in [-0.4, -0.2) is 11.5 Å². The maximum Gasteiger partial charge on any atom is 0.472 e. The van der Waals surface area contributed by atoms with Crippen molar-refractivity contribution < 1.29 is 38.0 Å². The molecule has 0 spiro atoms. The first-order valence-corrected chi connectivity index (χ1v) is 8.49. The summed E-state index contributed by atoms with van der Waals surface area (Å²) in [6.45, 7) is 0. The van der Waals surface area contributed by atoms with E-state index in [9.17, 15) is 0 Å². The van der Waals surface area contributed by atoms with Crippen molar-refractivity contribution >= 4 is 11.5 Å². The van der Waals surface area contributed by atoms with Crippen LogP contribution in [0.1, 0.15) is 0 Å². The first-order chi connectivity index (χ1) is 11.4. The summed E-state index contributed by atoms with van der Waals surface area (Å²) < 4.78 is 49.3. The largest absolute Gasteiger partial charge is 0.497 e. The van der Waals surface area contributed by atoms with Crippen LogP contribution in [-0.2, 0) is 0 Å². The molecule has 0 aliphatic rings. The fraction of sp³-hybridized carbons (Fsp3) is 0.0667. The molecule has 1 aromatic heterocycles. The number of benzene rings is 2. The fourth-order valence-electron chi connectivity index (χ4n) is 1.74.